The smallest absolute Gasteiger partial charge is 0.255 e. The van der Waals surface area contributed by atoms with Crippen LogP contribution in [-0.4, -0.2) is 17.6 Å². The van der Waals surface area contributed by atoms with Crippen LogP contribution in [0.25, 0.3) is 0 Å². The molecule has 0 heterocycles. The summed E-state index contributed by atoms with van der Waals surface area (Å²) in [5, 5.41) is 15.4. The lowest BCUT2D eigenvalue weighted by Gasteiger charge is -2.07. The molecule has 4 heteroatoms. The molecule has 0 saturated heterocycles. The zero-order valence-corrected chi connectivity index (χ0v) is 11.4. The summed E-state index contributed by atoms with van der Waals surface area (Å²) in [7, 11) is 0. The first-order valence-electron chi connectivity index (χ1n) is 6.59. The van der Waals surface area contributed by atoms with E-state index in [-0.39, 0.29) is 11.7 Å². The molecule has 0 aliphatic heterocycles. The number of rotatable bonds is 5. The maximum Gasteiger partial charge on any atom is 0.255 e. The molecule has 2 aromatic carbocycles. The van der Waals surface area contributed by atoms with Crippen molar-refractivity contribution < 1.29 is 9.90 Å². The van der Waals surface area contributed by atoms with Crippen molar-refractivity contribution in [3.8, 4) is 5.75 Å². The van der Waals surface area contributed by atoms with Crippen LogP contribution in [0.15, 0.2) is 48.5 Å². The number of amides is 1. The van der Waals surface area contributed by atoms with Crippen molar-refractivity contribution >= 4 is 11.6 Å². The maximum atomic E-state index is 12.0. The van der Waals surface area contributed by atoms with Gasteiger partial charge in [0.1, 0.15) is 5.75 Å². The van der Waals surface area contributed by atoms with Gasteiger partial charge in [-0.25, -0.2) is 0 Å². The van der Waals surface area contributed by atoms with Gasteiger partial charge in [0.05, 0.1) is 0 Å². The van der Waals surface area contributed by atoms with Crippen LogP contribution in [0.1, 0.15) is 22.8 Å². The number of hydrogen-bond acceptors (Lipinski definition) is 3. The molecule has 0 aliphatic rings. The fourth-order valence-electron chi connectivity index (χ4n) is 1.83. The normalized spacial score (nSPS) is 10.2. The Bertz CT molecular complexity index is 579. The Hall–Kier alpha value is -2.33. The van der Waals surface area contributed by atoms with Gasteiger partial charge in [-0.15, -0.1) is 0 Å². The third-order valence-corrected chi connectivity index (χ3v) is 2.90. The fourth-order valence-corrected chi connectivity index (χ4v) is 1.83. The number of benzene rings is 2. The molecule has 0 aliphatic carbocycles. The lowest BCUT2D eigenvalue weighted by atomic mass is 10.1. The van der Waals surface area contributed by atoms with E-state index in [4.69, 9.17) is 0 Å². The van der Waals surface area contributed by atoms with Crippen molar-refractivity contribution in [1.82, 2.24) is 5.32 Å². The molecule has 0 spiro atoms. The first-order chi connectivity index (χ1) is 9.69. The van der Waals surface area contributed by atoms with Crippen molar-refractivity contribution in [3.05, 3.63) is 59.7 Å². The van der Waals surface area contributed by atoms with Crippen LogP contribution in [0.5, 0.6) is 5.75 Å². The minimum Gasteiger partial charge on any atom is -0.508 e. The second-order valence-corrected chi connectivity index (χ2v) is 4.48. The van der Waals surface area contributed by atoms with E-state index in [1.54, 1.807) is 12.1 Å². The molecular formula is C16H18N2O2. The number of phenolic OH excluding ortho intramolecular Hbond substituents is 1. The topological polar surface area (TPSA) is 61.4 Å². The molecule has 2 rings (SSSR count). The van der Waals surface area contributed by atoms with E-state index in [1.807, 2.05) is 24.3 Å². The summed E-state index contributed by atoms with van der Waals surface area (Å²) in [4.78, 5) is 12.0. The molecule has 0 unspecified atom stereocenters. The summed E-state index contributed by atoms with van der Waals surface area (Å²) in [6.07, 6.45) is 0. The summed E-state index contributed by atoms with van der Waals surface area (Å²) in [6, 6.07) is 14.0. The Morgan fingerprint density at radius 3 is 2.55 bits per heavy atom. The van der Waals surface area contributed by atoms with E-state index in [2.05, 4.69) is 17.6 Å². The lowest BCUT2D eigenvalue weighted by Crippen LogP contribution is -2.13. The van der Waals surface area contributed by atoms with E-state index in [0.29, 0.717) is 5.56 Å². The number of nitrogens with one attached hydrogen (secondary N) is 2. The fraction of sp³-hybridized carbons (Fsp3) is 0.188. The van der Waals surface area contributed by atoms with E-state index in [9.17, 15) is 9.90 Å². The maximum absolute atomic E-state index is 12.0. The molecule has 0 bridgehead atoms. The second-order valence-electron chi connectivity index (χ2n) is 4.48. The number of anilines is 1. The Kier molecular flexibility index (Phi) is 4.74. The first-order valence-corrected chi connectivity index (χ1v) is 6.59. The highest BCUT2D eigenvalue weighted by Gasteiger charge is 2.06. The minimum atomic E-state index is -0.236. The molecule has 3 N–H and O–H groups in total. The summed E-state index contributed by atoms with van der Waals surface area (Å²) < 4.78 is 0. The van der Waals surface area contributed by atoms with Crippen LogP contribution >= 0.6 is 0 Å². The Morgan fingerprint density at radius 1 is 1.15 bits per heavy atom. The molecule has 2 aromatic rings. The Morgan fingerprint density at radius 2 is 1.90 bits per heavy atom. The van der Waals surface area contributed by atoms with Gasteiger partial charge in [-0.05, 0) is 42.4 Å². The van der Waals surface area contributed by atoms with Crippen LogP contribution < -0.4 is 10.6 Å². The van der Waals surface area contributed by atoms with Gasteiger partial charge in [0.25, 0.3) is 5.91 Å². The summed E-state index contributed by atoms with van der Waals surface area (Å²) in [6.45, 7) is 3.80. The van der Waals surface area contributed by atoms with Crippen molar-refractivity contribution in [2.24, 2.45) is 0 Å². The van der Waals surface area contributed by atoms with Gasteiger partial charge in [0.2, 0.25) is 0 Å². The zero-order chi connectivity index (χ0) is 14.4. The number of carbonyl (C=O) groups excluding carboxylic acids is 1. The molecule has 0 saturated carbocycles. The molecule has 20 heavy (non-hydrogen) atoms. The summed E-state index contributed by atoms with van der Waals surface area (Å²) >= 11 is 0. The van der Waals surface area contributed by atoms with Gasteiger partial charge in [0.15, 0.2) is 0 Å². The van der Waals surface area contributed by atoms with Crippen LogP contribution in [0, 0.1) is 0 Å². The SMILES string of the molecule is CCNCc1ccc(NC(=O)c2cccc(O)c2)cc1. The predicted molar refractivity (Wildman–Crippen MR) is 79.9 cm³/mol. The monoisotopic (exact) mass is 270 g/mol. The molecule has 0 fully saturated rings. The quantitative estimate of drug-likeness (QED) is 0.783. The van der Waals surface area contributed by atoms with Crippen LogP contribution in [0.2, 0.25) is 0 Å². The Balaban J connectivity index is 2.01. The standard InChI is InChI=1S/C16H18N2O2/c1-2-17-11-12-6-8-14(9-7-12)18-16(20)13-4-3-5-15(19)10-13/h3-10,17,19H,2,11H2,1H3,(H,18,20). The molecule has 0 radical (unpaired) electrons. The number of carbonyl (C=O) groups is 1. The molecule has 0 atom stereocenters. The minimum absolute atomic E-state index is 0.0821. The average Bonchev–Trinajstić information content (AvgIpc) is 2.46. The number of aromatic hydroxyl groups is 1. The molecule has 0 aromatic heterocycles. The molecule has 104 valence electrons. The predicted octanol–water partition coefficient (Wildman–Crippen LogP) is 2.75. The van der Waals surface area contributed by atoms with Crippen molar-refractivity contribution in [3.63, 3.8) is 0 Å². The van der Waals surface area contributed by atoms with Crippen LogP contribution in [0.3, 0.4) is 0 Å². The van der Waals surface area contributed by atoms with Crippen LogP contribution in [-0.2, 0) is 6.54 Å². The largest absolute Gasteiger partial charge is 0.508 e. The van der Waals surface area contributed by atoms with Gasteiger partial charge in [-0.1, -0.05) is 25.1 Å². The highest BCUT2D eigenvalue weighted by molar-refractivity contribution is 6.04. The third-order valence-electron chi connectivity index (χ3n) is 2.90. The molecule has 4 nitrogen and oxygen atoms in total. The van der Waals surface area contributed by atoms with Gasteiger partial charge in [0, 0.05) is 17.8 Å². The van der Waals surface area contributed by atoms with Gasteiger partial charge in [-0.2, -0.15) is 0 Å². The van der Waals surface area contributed by atoms with Crippen molar-refractivity contribution in [2.75, 3.05) is 11.9 Å². The third kappa shape index (κ3) is 3.83. The zero-order valence-electron chi connectivity index (χ0n) is 11.4. The number of hydrogen-bond donors (Lipinski definition) is 3. The van der Waals surface area contributed by atoms with E-state index in [1.165, 1.54) is 17.7 Å². The van der Waals surface area contributed by atoms with E-state index < -0.39 is 0 Å². The van der Waals surface area contributed by atoms with Crippen molar-refractivity contribution in [1.29, 1.82) is 0 Å². The second kappa shape index (κ2) is 6.73. The van der Waals surface area contributed by atoms with E-state index in [0.717, 1.165) is 18.8 Å². The van der Waals surface area contributed by atoms with Gasteiger partial charge >= 0.3 is 0 Å². The summed E-state index contributed by atoms with van der Waals surface area (Å²) in [5.41, 5.74) is 2.34. The van der Waals surface area contributed by atoms with E-state index >= 15 is 0 Å². The highest BCUT2D eigenvalue weighted by atomic mass is 16.3. The summed E-state index contributed by atoms with van der Waals surface area (Å²) in [5.74, 6) is -0.154. The van der Waals surface area contributed by atoms with Crippen LogP contribution in [0.4, 0.5) is 5.69 Å². The first kappa shape index (κ1) is 14.1. The average molecular weight is 270 g/mol. The molecular weight excluding hydrogens is 252 g/mol. The van der Waals surface area contributed by atoms with Gasteiger partial charge in [-0.3, -0.25) is 4.79 Å². The van der Waals surface area contributed by atoms with Crippen molar-refractivity contribution in [2.45, 2.75) is 13.5 Å². The Labute approximate surface area is 118 Å². The van der Waals surface area contributed by atoms with Gasteiger partial charge < -0.3 is 15.7 Å². The molecule has 1 amide bonds. The highest BCUT2D eigenvalue weighted by Crippen LogP contribution is 2.14. The number of phenols is 1. The lowest BCUT2D eigenvalue weighted by molar-refractivity contribution is 0.102.